The van der Waals surface area contributed by atoms with Crippen LogP contribution in [0.2, 0.25) is 0 Å². The molecule has 0 bridgehead atoms. The molecule has 0 aromatic heterocycles. The zero-order valence-corrected chi connectivity index (χ0v) is 10.8. The van der Waals surface area contributed by atoms with Crippen molar-refractivity contribution in [3.05, 3.63) is 65.2 Å². The largest absolute Gasteiger partial charge is 0.573 e. The van der Waals surface area contributed by atoms with Crippen LogP contribution in [0.3, 0.4) is 0 Å². The predicted octanol–water partition coefficient (Wildman–Crippen LogP) is 4.57. The average molecular weight is 292 g/mol. The normalized spacial score (nSPS) is 11.6. The average Bonchev–Trinajstić information content (AvgIpc) is 2.45. The molecule has 0 spiro atoms. The first-order valence-electron chi connectivity index (χ1n) is 6.06. The quantitative estimate of drug-likeness (QED) is 0.609. The molecule has 0 radical (unpaired) electrons. The van der Waals surface area contributed by atoms with Crippen molar-refractivity contribution >= 4 is 18.4 Å². The van der Waals surface area contributed by atoms with Gasteiger partial charge < -0.3 is 4.74 Å². The number of carbonyl (C=O) groups excluding carboxylic acids is 1. The minimum absolute atomic E-state index is 0.270. The molecule has 0 fully saturated rings. The molecule has 0 heterocycles. The number of hydrogen-bond acceptors (Lipinski definition) is 2. The Bertz CT molecular complexity index is 643. The van der Waals surface area contributed by atoms with Crippen LogP contribution in [0, 0.1) is 0 Å². The van der Waals surface area contributed by atoms with Crippen LogP contribution in [-0.4, -0.2) is 12.6 Å². The van der Waals surface area contributed by atoms with E-state index in [1.807, 2.05) is 0 Å². The Morgan fingerprint density at radius 2 is 1.48 bits per heavy atom. The Hall–Kier alpha value is -2.56. The van der Waals surface area contributed by atoms with Crippen LogP contribution in [0.25, 0.3) is 12.2 Å². The van der Waals surface area contributed by atoms with Crippen LogP contribution in [0.15, 0.2) is 48.5 Å². The lowest BCUT2D eigenvalue weighted by Crippen LogP contribution is -2.16. The van der Waals surface area contributed by atoms with E-state index < -0.39 is 6.36 Å². The van der Waals surface area contributed by atoms with E-state index in [-0.39, 0.29) is 5.75 Å². The number of alkyl halides is 3. The summed E-state index contributed by atoms with van der Waals surface area (Å²) in [5, 5.41) is 0. The molecule has 2 aromatic rings. The van der Waals surface area contributed by atoms with E-state index in [4.69, 9.17) is 0 Å². The van der Waals surface area contributed by atoms with Crippen LogP contribution in [-0.2, 0) is 0 Å². The first kappa shape index (κ1) is 14.8. The first-order chi connectivity index (χ1) is 9.98. The summed E-state index contributed by atoms with van der Waals surface area (Å²) in [6.45, 7) is 0. The van der Waals surface area contributed by atoms with E-state index in [9.17, 15) is 18.0 Å². The fourth-order valence-electron chi connectivity index (χ4n) is 1.74. The zero-order chi connectivity index (χ0) is 15.3. The van der Waals surface area contributed by atoms with Crippen molar-refractivity contribution in [1.29, 1.82) is 0 Å². The standard InChI is InChI=1S/C16H11F3O2/c17-16(18,19)21-15-9-6-12(7-10-15)5-8-13-3-1-2-4-14(13)11-20/h1-11H/b8-5+. The Labute approximate surface area is 119 Å². The van der Waals surface area contributed by atoms with Gasteiger partial charge in [-0.1, -0.05) is 48.6 Å². The van der Waals surface area contributed by atoms with Crippen molar-refractivity contribution in [2.24, 2.45) is 0 Å². The van der Waals surface area contributed by atoms with E-state index in [0.717, 1.165) is 11.8 Å². The van der Waals surface area contributed by atoms with Crippen molar-refractivity contribution in [2.45, 2.75) is 6.36 Å². The van der Waals surface area contributed by atoms with E-state index in [1.54, 1.807) is 36.4 Å². The Kier molecular flexibility index (Phi) is 4.42. The Morgan fingerprint density at radius 3 is 2.05 bits per heavy atom. The third-order valence-corrected chi connectivity index (χ3v) is 2.69. The van der Waals surface area contributed by atoms with Gasteiger partial charge in [0, 0.05) is 5.56 Å². The SMILES string of the molecule is O=Cc1ccccc1/C=C/c1ccc(OC(F)(F)F)cc1. The highest BCUT2D eigenvalue weighted by atomic mass is 19.4. The number of halogens is 3. The summed E-state index contributed by atoms with van der Waals surface area (Å²) in [6.07, 6.45) is -0.511. The van der Waals surface area contributed by atoms with Gasteiger partial charge in [-0.2, -0.15) is 0 Å². The summed E-state index contributed by atoms with van der Waals surface area (Å²) in [4.78, 5) is 10.9. The molecule has 0 N–H and O–H groups in total. The van der Waals surface area contributed by atoms with E-state index in [1.165, 1.54) is 24.3 Å². The molecule has 0 aliphatic heterocycles. The lowest BCUT2D eigenvalue weighted by Gasteiger charge is -2.08. The van der Waals surface area contributed by atoms with E-state index >= 15 is 0 Å². The van der Waals surface area contributed by atoms with Crippen LogP contribution >= 0.6 is 0 Å². The van der Waals surface area contributed by atoms with Crippen molar-refractivity contribution < 1.29 is 22.7 Å². The maximum Gasteiger partial charge on any atom is 0.573 e. The Morgan fingerprint density at radius 1 is 0.857 bits per heavy atom. The van der Waals surface area contributed by atoms with Gasteiger partial charge in [0.25, 0.3) is 0 Å². The van der Waals surface area contributed by atoms with Gasteiger partial charge in [-0.25, -0.2) is 0 Å². The van der Waals surface area contributed by atoms with Crippen LogP contribution in [0.4, 0.5) is 13.2 Å². The molecule has 2 nitrogen and oxygen atoms in total. The molecular weight excluding hydrogens is 281 g/mol. The van der Waals surface area contributed by atoms with Gasteiger partial charge in [0.2, 0.25) is 0 Å². The van der Waals surface area contributed by atoms with Gasteiger partial charge in [0.05, 0.1) is 0 Å². The predicted molar refractivity (Wildman–Crippen MR) is 73.9 cm³/mol. The zero-order valence-electron chi connectivity index (χ0n) is 10.8. The topological polar surface area (TPSA) is 26.3 Å². The maximum atomic E-state index is 12.0. The second-order valence-electron chi connectivity index (χ2n) is 4.20. The summed E-state index contributed by atoms with van der Waals surface area (Å²) in [7, 11) is 0. The Balaban J connectivity index is 2.13. The monoisotopic (exact) mass is 292 g/mol. The molecule has 2 rings (SSSR count). The van der Waals surface area contributed by atoms with E-state index in [0.29, 0.717) is 11.1 Å². The molecule has 0 saturated heterocycles. The van der Waals surface area contributed by atoms with Crippen molar-refractivity contribution in [2.75, 3.05) is 0 Å². The fourth-order valence-corrected chi connectivity index (χ4v) is 1.74. The maximum absolute atomic E-state index is 12.0. The molecule has 0 amide bonds. The minimum Gasteiger partial charge on any atom is -0.406 e. The third kappa shape index (κ3) is 4.49. The van der Waals surface area contributed by atoms with Crippen molar-refractivity contribution in [1.82, 2.24) is 0 Å². The summed E-state index contributed by atoms with van der Waals surface area (Å²) in [5.41, 5.74) is 1.99. The van der Waals surface area contributed by atoms with Crippen LogP contribution in [0.1, 0.15) is 21.5 Å². The van der Waals surface area contributed by atoms with Crippen LogP contribution in [0.5, 0.6) is 5.75 Å². The highest BCUT2D eigenvalue weighted by Gasteiger charge is 2.30. The fraction of sp³-hybridized carbons (Fsp3) is 0.0625. The number of benzene rings is 2. The molecule has 5 heteroatoms. The molecule has 21 heavy (non-hydrogen) atoms. The molecule has 2 aromatic carbocycles. The molecule has 108 valence electrons. The number of hydrogen-bond donors (Lipinski definition) is 0. The molecule has 0 aliphatic carbocycles. The minimum atomic E-state index is -4.69. The second-order valence-corrected chi connectivity index (χ2v) is 4.20. The molecule has 0 atom stereocenters. The summed E-state index contributed by atoms with van der Waals surface area (Å²) >= 11 is 0. The van der Waals surface area contributed by atoms with Gasteiger partial charge >= 0.3 is 6.36 Å². The van der Waals surface area contributed by atoms with Gasteiger partial charge in [0.1, 0.15) is 5.75 Å². The van der Waals surface area contributed by atoms with Crippen LogP contribution < -0.4 is 4.74 Å². The molecule has 0 saturated carbocycles. The number of aldehydes is 1. The van der Waals surface area contributed by atoms with Crippen molar-refractivity contribution in [3.63, 3.8) is 0 Å². The summed E-state index contributed by atoms with van der Waals surface area (Å²) < 4.78 is 39.9. The van der Waals surface area contributed by atoms with Gasteiger partial charge in [0.15, 0.2) is 6.29 Å². The lowest BCUT2D eigenvalue weighted by molar-refractivity contribution is -0.274. The van der Waals surface area contributed by atoms with E-state index in [2.05, 4.69) is 4.74 Å². The molecule has 0 unspecified atom stereocenters. The van der Waals surface area contributed by atoms with Gasteiger partial charge in [-0.3, -0.25) is 4.79 Å². The highest BCUT2D eigenvalue weighted by Crippen LogP contribution is 2.23. The summed E-state index contributed by atoms with van der Waals surface area (Å²) in [6, 6.07) is 12.5. The van der Waals surface area contributed by atoms with Crippen molar-refractivity contribution in [3.8, 4) is 5.75 Å². The number of ether oxygens (including phenoxy) is 1. The summed E-state index contributed by atoms with van der Waals surface area (Å²) in [5.74, 6) is -0.270. The smallest absolute Gasteiger partial charge is 0.406 e. The third-order valence-electron chi connectivity index (χ3n) is 2.69. The molecule has 0 aliphatic rings. The molecular formula is C16H11F3O2. The second kappa shape index (κ2) is 6.26. The number of rotatable bonds is 4. The van der Waals surface area contributed by atoms with Gasteiger partial charge in [-0.15, -0.1) is 13.2 Å². The lowest BCUT2D eigenvalue weighted by atomic mass is 10.1. The van der Waals surface area contributed by atoms with Gasteiger partial charge in [-0.05, 0) is 23.3 Å². The number of carbonyl (C=O) groups is 1. The first-order valence-corrected chi connectivity index (χ1v) is 6.06. The highest BCUT2D eigenvalue weighted by molar-refractivity contribution is 5.84.